The molecule has 0 amide bonds. The first kappa shape index (κ1) is 24.8. The number of nitrogens with two attached hydrogens (primary N) is 1. The second-order valence-electron chi connectivity index (χ2n) is 7.86. The van der Waals surface area contributed by atoms with Crippen LogP contribution in [0.3, 0.4) is 0 Å². The molecule has 0 fully saturated rings. The van der Waals surface area contributed by atoms with Crippen LogP contribution in [0.5, 0.6) is 0 Å². The van der Waals surface area contributed by atoms with E-state index in [-0.39, 0.29) is 4.90 Å². The van der Waals surface area contributed by atoms with Crippen molar-refractivity contribution in [3.63, 3.8) is 0 Å². The molecule has 4 aromatic rings. The van der Waals surface area contributed by atoms with Crippen LogP contribution in [-0.2, 0) is 16.4 Å². The molecule has 0 aliphatic rings. The molecular formula is C25H26N8O2S. The molecule has 11 heteroatoms. The molecular weight excluding hydrogens is 476 g/mol. The Labute approximate surface area is 209 Å². The Bertz CT molecular complexity index is 1430. The highest BCUT2D eigenvalue weighted by atomic mass is 32.2. The SMILES string of the molecule is CC(=NNc1cc(NCCc2ccc(S(N)(=O)=O)cc2)nc(Nc2ccccc2)n1)c1ccncc1. The maximum Gasteiger partial charge on any atom is 0.238 e. The van der Waals surface area contributed by atoms with E-state index < -0.39 is 10.0 Å². The van der Waals surface area contributed by atoms with Gasteiger partial charge in [-0.15, -0.1) is 0 Å². The lowest BCUT2D eigenvalue weighted by atomic mass is 10.1. The third-order valence-electron chi connectivity index (χ3n) is 5.16. The first-order chi connectivity index (χ1) is 17.4. The standard InChI is InChI=1S/C25H26N8O2S/c1-18(20-12-14-27-15-13-20)32-33-24-17-23(30-25(31-24)29-21-5-3-2-4-6-21)28-16-11-19-7-9-22(10-8-19)36(26,34)35/h2-10,12-15,17H,11,16H2,1H3,(H2,26,34,35)(H3,28,29,30,31,33). The molecule has 0 radical (unpaired) electrons. The maximum absolute atomic E-state index is 11.4. The summed E-state index contributed by atoms with van der Waals surface area (Å²) in [6.45, 7) is 2.46. The zero-order valence-corrected chi connectivity index (χ0v) is 20.4. The Hall–Kier alpha value is -4.35. The van der Waals surface area contributed by atoms with Gasteiger partial charge >= 0.3 is 0 Å². The van der Waals surface area contributed by atoms with Crippen LogP contribution >= 0.6 is 0 Å². The topological polar surface area (TPSA) is 147 Å². The molecule has 0 aliphatic heterocycles. The number of nitrogens with one attached hydrogen (secondary N) is 3. The first-order valence-electron chi connectivity index (χ1n) is 11.1. The Morgan fingerprint density at radius 1 is 0.944 bits per heavy atom. The van der Waals surface area contributed by atoms with Crippen LogP contribution in [0.1, 0.15) is 18.1 Å². The van der Waals surface area contributed by atoms with Gasteiger partial charge in [0.15, 0.2) is 5.82 Å². The van der Waals surface area contributed by atoms with Crippen molar-refractivity contribution in [1.29, 1.82) is 0 Å². The molecule has 2 heterocycles. The summed E-state index contributed by atoms with van der Waals surface area (Å²) in [4.78, 5) is 13.2. The summed E-state index contributed by atoms with van der Waals surface area (Å²) < 4.78 is 22.9. The minimum absolute atomic E-state index is 0.0879. The predicted molar refractivity (Wildman–Crippen MR) is 142 cm³/mol. The zero-order valence-electron chi connectivity index (χ0n) is 19.6. The fraction of sp³-hybridized carbons (Fsp3) is 0.120. The van der Waals surface area contributed by atoms with E-state index in [1.54, 1.807) is 30.6 Å². The van der Waals surface area contributed by atoms with Gasteiger partial charge in [0, 0.05) is 36.3 Å². The fourth-order valence-corrected chi connectivity index (χ4v) is 3.80. The van der Waals surface area contributed by atoms with Crippen molar-refractivity contribution >= 4 is 39.0 Å². The van der Waals surface area contributed by atoms with Gasteiger partial charge in [0.1, 0.15) is 5.82 Å². The van der Waals surface area contributed by atoms with Gasteiger partial charge in [-0.2, -0.15) is 15.1 Å². The number of rotatable bonds is 10. The van der Waals surface area contributed by atoms with E-state index in [0.29, 0.717) is 30.5 Å². The fourth-order valence-electron chi connectivity index (χ4n) is 3.28. The largest absolute Gasteiger partial charge is 0.370 e. The van der Waals surface area contributed by atoms with E-state index in [9.17, 15) is 8.42 Å². The summed E-state index contributed by atoms with van der Waals surface area (Å²) in [5.74, 6) is 1.52. The van der Waals surface area contributed by atoms with E-state index >= 15 is 0 Å². The van der Waals surface area contributed by atoms with E-state index in [2.05, 4.69) is 36.1 Å². The van der Waals surface area contributed by atoms with Gasteiger partial charge in [-0.1, -0.05) is 30.3 Å². The normalized spacial score (nSPS) is 11.7. The smallest absolute Gasteiger partial charge is 0.238 e. The molecule has 4 rings (SSSR count). The molecule has 0 spiro atoms. The predicted octanol–water partition coefficient (Wildman–Crippen LogP) is 3.75. The van der Waals surface area contributed by atoms with E-state index in [0.717, 1.165) is 22.5 Å². The lowest BCUT2D eigenvalue weighted by Crippen LogP contribution is -2.12. The number of anilines is 4. The lowest BCUT2D eigenvalue weighted by Gasteiger charge is -2.12. The molecule has 0 bridgehead atoms. The highest BCUT2D eigenvalue weighted by Gasteiger charge is 2.08. The van der Waals surface area contributed by atoms with Crippen LogP contribution in [-0.4, -0.2) is 35.6 Å². The number of hydrazone groups is 1. The highest BCUT2D eigenvalue weighted by Crippen LogP contribution is 2.19. The zero-order chi connectivity index (χ0) is 25.4. The minimum Gasteiger partial charge on any atom is -0.370 e. The maximum atomic E-state index is 11.4. The van der Waals surface area contributed by atoms with Crippen molar-refractivity contribution < 1.29 is 8.42 Å². The molecule has 10 nitrogen and oxygen atoms in total. The number of benzene rings is 2. The van der Waals surface area contributed by atoms with Crippen LogP contribution < -0.4 is 21.2 Å². The van der Waals surface area contributed by atoms with Crippen molar-refractivity contribution in [2.24, 2.45) is 10.2 Å². The number of hydrogen-bond donors (Lipinski definition) is 4. The molecule has 184 valence electrons. The number of nitrogens with zero attached hydrogens (tertiary/aromatic N) is 4. The highest BCUT2D eigenvalue weighted by molar-refractivity contribution is 7.89. The first-order valence-corrected chi connectivity index (χ1v) is 12.7. The second kappa shape index (κ2) is 11.4. The number of sulfonamides is 1. The van der Waals surface area contributed by atoms with E-state index in [1.807, 2.05) is 49.4 Å². The Morgan fingerprint density at radius 2 is 1.64 bits per heavy atom. The van der Waals surface area contributed by atoms with Gasteiger partial charge in [0.05, 0.1) is 10.6 Å². The molecule has 0 unspecified atom stereocenters. The molecule has 0 atom stereocenters. The van der Waals surface area contributed by atoms with Crippen LogP contribution in [0.2, 0.25) is 0 Å². The van der Waals surface area contributed by atoms with E-state index in [1.165, 1.54) is 12.1 Å². The monoisotopic (exact) mass is 502 g/mol. The Morgan fingerprint density at radius 3 is 2.33 bits per heavy atom. The van der Waals surface area contributed by atoms with Crippen LogP contribution in [0, 0.1) is 0 Å². The van der Waals surface area contributed by atoms with Crippen molar-refractivity contribution in [1.82, 2.24) is 15.0 Å². The average Bonchev–Trinajstić information content (AvgIpc) is 2.88. The Balaban J connectivity index is 1.48. The Kier molecular flexibility index (Phi) is 7.83. The quantitative estimate of drug-likeness (QED) is 0.189. The van der Waals surface area contributed by atoms with Crippen LogP contribution in [0.25, 0.3) is 0 Å². The molecule has 0 saturated carbocycles. The summed E-state index contributed by atoms with van der Waals surface area (Å²) >= 11 is 0. The summed E-state index contributed by atoms with van der Waals surface area (Å²) in [5, 5.41) is 16.1. The van der Waals surface area contributed by atoms with Crippen molar-refractivity contribution in [3.05, 3.63) is 96.3 Å². The van der Waals surface area contributed by atoms with Crippen molar-refractivity contribution in [2.75, 3.05) is 22.6 Å². The minimum atomic E-state index is -3.71. The molecule has 5 N–H and O–H groups in total. The third kappa shape index (κ3) is 7.08. The summed E-state index contributed by atoms with van der Waals surface area (Å²) in [6, 6.07) is 21.6. The van der Waals surface area contributed by atoms with Gasteiger partial charge in [0.2, 0.25) is 16.0 Å². The van der Waals surface area contributed by atoms with Crippen LogP contribution in [0.4, 0.5) is 23.3 Å². The molecule has 0 saturated heterocycles. The number of pyridine rings is 1. The van der Waals surface area contributed by atoms with E-state index in [4.69, 9.17) is 5.14 Å². The second-order valence-corrected chi connectivity index (χ2v) is 9.43. The molecule has 2 aromatic heterocycles. The average molecular weight is 503 g/mol. The summed E-state index contributed by atoms with van der Waals surface area (Å²) in [6.07, 6.45) is 4.08. The van der Waals surface area contributed by atoms with Crippen molar-refractivity contribution in [2.45, 2.75) is 18.2 Å². The lowest BCUT2D eigenvalue weighted by molar-refractivity contribution is 0.598. The van der Waals surface area contributed by atoms with Gasteiger partial charge in [0.25, 0.3) is 0 Å². The number of aromatic nitrogens is 3. The van der Waals surface area contributed by atoms with Gasteiger partial charge < -0.3 is 10.6 Å². The molecule has 2 aromatic carbocycles. The van der Waals surface area contributed by atoms with Crippen LogP contribution in [0.15, 0.2) is 95.2 Å². The third-order valence-corrected chi connectivity index (χ3v) is 6.09. The number of hydrogen-bond acceptors (Lipinski definition) is 9. The summed E-state index contributed by atoms with van der Waals surface area (Å²) in [5.41, 5.74) is 6.55. The summed E-state index contributed by atoms with van der Waals surface area (Å²) in [7, 11) is -3.71. The van der Waals surface area contributed by atoms with Gasteiger partial charge in [-0.3, -0.25) is 10.4 Å². The molecule has 36 heavy (non-hydrogen) atoms. The van der Waals surface area contributed by atoms with Crippen molar-refractivity contribution in [3.8, 4) is 0 Å². The van der Waals surface area contributed by atoms with Gasteiger partial charge in [-0.05, 0) is 55.3 Å². The number of primary sulfonamides is 1. The number of para-hydroxylation sites is 1. The van der Waals surface area contributed by atoms with Gasteiger partial charge in [-0.25, -0.2) is 13.6 Å². The molecule has 0 aliphatic carbocycles.